The van der Waals surface area contributed by atoms with Crippen molar-refractivity contribution in [2.45, 2.75) is 65.3 Å². The topological polar surface area (TPSA) is 78.4 Å². The minimum absolute atomic E-state index is 0.505. The van der Waals surface area contributed by atoms with Crippen molar-refractivity contribution in [2.75, 3.05) is 39.6 Å². The summed E-state index contributed by atoms with van der Waals surface area (Å²) in [6.45, 7) is 13.1. The molecule has 1 fully saturated rings. The highest BCUT2D eigenvalue weighted by atomic mass is 28.4. The Morgan fingerprint density at radius 3 is 2.04 bits per heavy atom. The molecule has 0 spiro atoms. The van der Waals surface area contributed by atoms with E-state index >= 15 is 0 Å². The second kappa shape index (κ2) is 15.4. The second-order valence-corrected chi connectivity index (χ2v) is 9.84. The summed E-state index contributed by atoms with van der Waals surface area (Å²) in [7, 11) is -2.61. The highest BCUT2D eigenvalue weighted by molar-refractivity contribution is 6.60. The second-order valence-electron chi connectivity index (χ2n) is 7.11. The van der Waals surface area contributed by atoms with Gasteiger partial charge in [0.15, 0.2) is 0 Å². The predicted octanol–water partition coefficient (Wildman–Crippen LogP) is 3.27. The first-order valence-electron chi connectivity index (χ1n) is 10.8. The molecule has 1 saturated carbocycles. The summed E-state index contributed by atoms with van der Waals surface area (Å²) in [5.41, 5.74) is 0. The minimum Gasteiger partial charge on any atom is -0.502 e. The van der Waals surface area contributed by atoms with Crippen molar-refractivity contribution in [1.29, 1.82) is 0 Å². The van der Waals surface area contributed by atoms with Crippen LogP contribution in [0.5, 0.6) is 0 Å². The monoisotopic (exact) mass is 419 g/mol. The molecule has 0 aromatic heterocycles. The van der Waals surface area contributed by atoms with Gasteiger partial charge in [-0.25, -0.2) is 0 Å². The summed E-state index contributed by atoms with van der Waals surface area (Å²) in [5, 5.41) is 13.1. The number of hydrogen-bond donors (Lipinski definition) is 2. The molecular formula is C20H41NO6Si. The molecule has 0 aliphatic heterocycles. The van der Waals surface area contributed by atoms with Gasteiger partial charge in [-0.05, 0) is 71.3 Å². The van der Waals surface area contributed by atoms with Gasteiger partial charge in [-0.2, -0.15) is 0 Å². The molecule has 8 heteroatoms. The molecule has 166 valence electrons. The van der Waals surface area contributed by atoms with Gasteiger partial charge >= 0.3 is 8.80 Å². The van der Waals surface area contributed by atoms with Crippen LogP contribution in [0.2, 0.25) is 6.04 Å². The molecule has 7 nitrogen and oxygen atoms in total. The van der Waals surface area contributed by atoms with E-state index in [4.69, 9.17) is 22.8 Å². The summed E-state index contributed by atoms with van der Waals surface area (Å²) in [4.78, 5) is 0. The maximum atomic E-state index is 10.0. The number of hydrogen-bond acceptors (Lipinski definition) is 7. The lowest BCUT2D eigenvalue weighted by molar-refractivity contribution is -0.132. The first-order valence-corrected chi connectivity index (χ1v) is 12.7. The van der Waals surface area contributed by atoms with Gasteiger partial charge in [-0.15, -0.1) is 0 Å². The quantitative estimate of drug-likeness (QED) is 0.162. The number of aliphatic hydroxyl groups excluding tert-OH is 1. The SMILES string of the molecule is C=COCC1CCC(COC(O)NCCC[Si](OCC)(OCC)OCC)CC1. The van der Waals surface area contributed by atoms with E-state index in [0.29, 0.717) is 44.8 Å². The molecule has 1 atom stereocenters. The van der Waals surface area contributed by atoms with Crippen LogP contribution < -0.4 is 5.32 Å². The lowest BCUT2D eigenvalue weighted by Crippen LogP contribution is -2.46. The molecule has 0 aromatic carbocycles. The van der Waals surface area contributed by atoms with Crippen LogP contribution in [0.4, 0.5) is 0 Å². The zero-order valence-electron chi connectivity index (χ0n) is 18.0. The maximum Gasteiger partial charge on any atom is 0.500 e. The van der Waals surface area contributed by atoms with E-state index in [1.807, 2.05) is 20.8 Å². The first-order chi connectivity index (χ1) is 13.6. The first kappa shape index (κ1) is 25.6. The zero-order chi connectivity index (χ0) is 20.7. The molecule has 28 heavy (non-hydrogen) atoms. The molecular weight excluding hydrogens is 378 g/mol. The lowest BCUT2D eigenvalue weighted by atomic mass is 9.83. The maximum absolute atomic E-state index is 10.0. The Morgan fingerprint density at radius 2 is 1.54 bits per heavy atom. The van der Waals surface area contributed by atoms with E-state index in [2.05, 4.69) is 11.9 Å². The van der Waals surface area contributed by atoms with Crippen molar-refractivity contribution in [3.8, 4) is 0 Å². The van der Waals surface area contributed by atoms with E-state index < -0.39 is 15.2 Å². The van der Waals surface area contributed by atoms with Crippen LogP contribution in [0.15, 0.2) is 12.8 Å². The Balaban J connectivity index is 2.19. The van der Waals surface area contributed by atoms with Crippen molar-refractivity contribution in [1.82, 2.24) is 5.32 Å². The highest BCUT2D eigenvalue weighted by Gasteiger charge is 2.39. The molecule has 0 amide bonds. The van der Waals surface area contributed by atoms with E-state index in [9.17, 15) is 5.11 Å². The number of nitrogens with one attached hydrogen (secondary N) is 1. The molecule has 1 unspecified atom stereocenters. The van der Waals surface area contributed by atoms with Gasteiger partial charge in [0.1, 0.15) is 0 Å². The fourth-order valence-electron chi connectivity index (χ4n) is 3.59. The smallest absolute Gasteiger partial charge is 0.500 e. The van der Waals surface area contributed by atoms with Crippen LogP contribution >= 0.6 is 0 Å². The van der Waals surface area contributed by atoms with Crippen LogP contribution in [0.3, 0.4) is 0 Å². The van der Waals surface area contributed by atoms with Crippen LogP contribution in [0, 0.1) is 11.8 Å². The molecule has 1 aliphatic rings. The molecule has 1 rings (SSSR count). The van der Waals surface area contributed by atoms with Crippen molar-refractivity contribution in [3.63, 3.8) is 0 Å². The number of rotatable bonds is 17. The van der Waals surface area contributed by atoms with Gasteiger partial charge < -0.3 is 27.9 Å². The lowest BCUT2D eigenvalue weighted by Gasteiger charge is -2.29. The third-order valence-electron chi connectivity index (χ3n) is 4.98. The fraction of sp³-hybridized carbons (Fsp3) is 0.900. The Hall–Kier alpha value is -0.483. The Bertz CT molecular complexity index is 376. The van der Waals surface area contributed by atoms with Crippen LogP contribution in [-0.2, 0) is 22.8 Å². The largest absolute Gasteiger partial charge is 0.502 e. The minimum atomic E-state index is -2.61. The summed E-state index contributed by atoms with van der Waals surface area (Å²) < 4.78 is 28.4. The average Bonchev–Trinajstić information content (AvgIpc) is 2.69. The Labute approximate surface area is 172 Å². The normalized spacial score (nSPS) is 21.4. The van der Waals surface area contributed by atoms with Gasteiger partial charge in [0.25, 0.3) is 0 Å². The van der Waals surface area contributed by atoms with E-state index in [-0.39, 0.29) is 0 Å². The highest BCUT2D eigenvalue weighted by Crippen LogP contribution is 2.29. The number of aliphatic hydroxyl groups is 1. The summed E-state index contributed by atoms with van der Waals surface area (Å²) in [6, 6.07) is 0.721. The molecule has 2 N–H and O–H groups in total. The van der Waals surface area contributed by atoms with Gasteiger partial charge in [0.05, 0.1) is 19.5 Å². The summed E-state index contributed by atoms with van der Waals surface area (Å²) in [6.07, 6.45) is 5.88. The zero-order valence-corrected chi connectivity index (χ0v) is 19.0. The molecule has 0 saturated heterocycles. The fourth-order valence-corrected chi connectivity index (χ4v) is 6.20. The standard InChI is InChI=1S/C20H41NO6Si/c1-5-23-16-18-10-12-19(13-11-18)17-24-20(22)21-14-9-15-28(25-6-2,26-7-3)27-8-4/h5,18-22H,1,6-17H2,2-4H3. The van der Waals surface area contributed by atoms with E-state index in [0.717, 1.165) is 44.8 Å². The molecule has 1 aliphatic carbocycles. The third-order valence-corrected chi connectivity index (χ3v) is 8.13. The average molecular weight is 420 g/mol. The van der Waals surface area contributed by atoms with Crippen molar-refractivity contribution in [2.24, 2.45) is 11.8 Å². The van der Waals surface area contributed by atoms with Crippen LogP contribution in [0.1, 0.15) is 52.9 Å². The van der Waals surface area contributed by atoms with Gasteiger partial charge in [-0.1, -0.05) is 6.58 Å². The molecule has 0 bridgehead atoms. The van der Waals surface area contributed by atoms with Crippen LogP contribution in [0.25, 0.3) is 0 Å². The summed E-state index contributed by atoms with van der Waals surface area (Å²) in [5.74, 6) is 1.12. The van der Waals surface area contributed by atoms with E-state index in [1.54, 1.807) is 0 Å². The molecule has 0 radical (unpaired) electrons. The molecule has 0 aromatic rings. The summed E-state index contributed by atoms with van der Waals surface area (Å²) >= 11 is 0. The van der Waals surface area contributed by atoms with Crippen molar-refractivity contribution >= 4 is 8.80 Å². The van der Waals surface area contributed by atoms with Gasteiger partial charge in [-0.3, -0.25) is 5.32 Å². The van der Waals surface area contributed by atoms with Gasteiger partial charge in [0, 0.05) is 25.9 Å². The molecule has 0 heterocycles. The van der Waals surface area contributed by atoms with E-state index in [1.165, 1.54) is 6.26 Å². The Morgan fingerprint density at radius 1 is 1.00 bits per heavy atom. The van der Waals surface area contributed by atoms with Gasteiger partial charge in [0.2, 0.25) is 6.41 Å². The van der Waals surface area contributed by atoms with Crippen LogP contribution in [-0.4, -0.2) is 59.9 Å². The Kier molecular flexibility index (Phi) is 14.0. The van der Waals surface area contributed by atoms with Crippen molar-refractivity contribution < 1.29 is 27.9 Å². The number of ether oxygens (including phenoxy) is 2. The third kappa shape index (κ3) is 10.3. The van der Waals surface area contributed by atoms with Crippen molar-refractivity contribution in [3.05, 3.63) is 12.8 Å². The predicted molar refractivity (Wildman–Crippen MR) is 112 cm³/mol.